The zero-order valence-electron chi connectivity index (χ0n) is 56.1. The lowest BCUT2D eigenvalue weighted by Gasteiger charge is -2.18. The second-order valence-corrected chi connectivity index (χ2v) is 25.9. The van der Waals surface area contributed by atoms with Crippen LogP contribution in [0, 0.1) is 0 Å². The van der Waals surface area contributed by atoms with Crippen LogP contribution in [0.15, 0.2) is 12.2 Å². The van der Waals surface area contributed by atoms with Crippen LogP contribution in [0.4, 0.5) is 0 Å². The first-order valence-electron chi connectivity index (χ1n) is 37.7. The molecule has 0 aliphatic rings. The highest BCUT2D eigenvalue weighted by atomic mass is 16.6. The van der Waals surface area contributed by atoms with Crippen molar-refractivity contribution in [1.82, 2.24) is 0 Å². The summed E-state index contributed by atoms with van der Waals surface area (Å²) >= 11 is 0. The lowest BCUT2D eigenvalue weighted by molar-refractivity contribution is -0.167. The van der Waals surface area contributed by atoms with Crippen molar-refractivity contribution in [3.63, 3.8) is 0 Å². The van der Waals surface area contributed by atoms with Gasteiger partial charge in [-0.3, -0.25) is 14.4 Å². The molecule has 0 aliphatic carbocycles. The summed E-state index contributed by atoms with van der Waals surface area (Å²) in [7, 11) is 0. The van der Waals surface area contributed by atoms with Crippen molar-refractivity contribution in [3.05, 3.63) is 12.2 Å². The van der Waals surface area contributed by atoms with Gasteiger partial charge in [0.2, 0.25) is 0 Å². The zero-order chi connectivity index (χ0) is 59.2. The number of allylic oxidation sites excluding steroid dienone is 2. The number of carbonyl (C=O) groups is 3. The summed E-state index contributed by atoms with van der Waals surface area (Å²) in [6, 6.07) is 0. The van der Waals surface area contributed by atoms with E-state index in [1.54, 1.807) is 0 Å². The molecule has 0 amide bonds. The van der Waals surface area contributed by atoms with Gasteiger partial charge in [-0.05, 0) is 44.9 Å². The minimum absolute atomic E-state index is 0.0626. The average molecular weight is 1160 g/mol. The highest BCUT2D eigenvalue weighted by Gasteiger charge is 2.20. The monoisotopic (exact) mass is 1160 g/mol. The van der Waals surface area contributed by atoms with Crippen molar-refractivity contribution in [2.24, 2.45) is 0 Å². The number of hydrogen-bond donors (Lipinski definition) is 0. The molecule has 6 heteroatoms. The van der Waals surface area contributed by atoms with E-state index < -0.39 is 6.10 Å². The van der Waals surface area contributed by atoms with E-state index in [9.17, 15) is 14.4 Å². The third kappa shape index (κ3) is 68.9. The number of rotatable bonds is 71. The van der Waals surface area contributed by atoms with E-state index in [4.69, 9.17) is 14.2 Å². The summed E-state index contributed by atoms with van der Waals surface area (Å²) in [4.78, 5) is 38.3. The first kappa shape index (κ1) is 80.2. The first-order valence-corrected chi connectivity index (χ1v) is 37.7. The fourth-order valence-corrected chi connectivity index (χ4v) is 11.9. The number of ether oxygens (including phenoxy) is 3. The Bertz CT molecular complexity index is 1280. The Morgan fingerprint density at radius 2 is 0.402 bits per heavy atom. The number of carbonyl (C=O) groups excluding carboxylic acids is 3. The summed E-state index contributed by atoms with van der Waals surface area (Å²) in [5.74, 6) is -0.831. The molecule has 486 valence electrons. The average Bonchev–Trinajstić information content (AvgIpc) is 3.47. The smallest absolute Gasteiger partial charge is 0.306 e. The molecule has 0 aliphatic heterocycles. The van der Waals surface area contributed by atoms with Crippen LogP contribution in [-0.4, -0.2) is 37.2 Å². The summed E-state index contributed by atoms with van der Waals surface area (Å²) in [5, 5.41) is 0. The lowest BCUT2D eigenvalue weighted by atomic mass is 10.0. The fourth-order valence-electron chi connectivity index (χ4n) is 11.9. The second-order valence-electron chi connectivity index (χ2n) is 25.9. The van der Waals surface area contributed by atoms with Gasteiger partial charge < -0.3 is 14.2 Å². The van der Waals surface area contributed by atoms with Crippen LogP contribution in [0.1, 0.15) is 438 Å². The molecule has 1 unspecified atom stereocenters. The van der Waals surface area contributed by atoms with E-state index >= 15 is 0 Å². The van der Waals surface area contributed by atoms with Gasteiger partial charge in [-0.25, -0.2) is 0 Å². The first-order chi connectivity index (χ1) is 40.5. The van der Waals surface area contributed by atoms with E-state index in [0.717, 1.165) is 57.8 Å². The van der Waals surface area contributed by atoms with Crippen LogP contribution in [0.3, 0.4) is 0 Å². The van der Waals surface area contributed by atoms with Crippen LogP contribution in [-0.2, 0) is 28.6 Å². The van der Waals surface area contributed by atoms with Crippen LogP contribution < -0.4 is 0 Å². The summed E-state index contributed by atoms with van der Waals surface area (Å²) in [5.41, 5.74) is 0. The Morgan fingerprint density at radius 1 is 0.232 bits per heavy atom. The van der Waals surface area contributed by atoms with Gasteiger partial charge in [-0.15, -0.1) is 0 Å². The lowest BCUT2D eigenvalue weighted by Crippen LogP contribution is -2.30. The summed E-state index contributed by atoms with van der Waals surface area (Å²) in [6.07, 6.45) is 87.2. The molecule has 0 aromatic heterocycles. The van der Waals surface area contributed by atoms with E-state index in [-0.39, 0.29) is 31.1 Å². The number of unbranched alkanes of at least 4 members (excludes halogenated alkanes) is 58. The maximum atomic E-state index is 12.9. The molecule has 82 heavy (non-hydrogen) atoms. The third-order valence-corrected chi connectivity index (χ3v) is 17.5. The molecule has 0 radical (unpaired) electrons. The quantitative estimate of drug-likeness (QED) is 0.0261. The maximum absolute atomic E-state index is 12.9. The Labute approximate surface area is 513 Å². The van der Waals surface area contributed by atoms with Crippen molar-refractivity contribution < 1.29 is 28.6 Å². The van der Waals surface area contributed by atoms with Crippen LogP contribution >= 0.6 is 0 Å². The third-order valence-electron chi connectivity index (χ3n) is 17.5. The van der Waals surface area contributed by atoms with Gasteiger partial charge in [0.05, 0.1) is 0 Å². The summed E-state index contributed by atoms with van der Waals surface area (Å²) in [6.45, 7) is 6.70. The Hall–Kier alpha value is -1.85. The SMILES string of the molecule is CCCCCCCCCC/C=C\CCCCCCCCCCCCCCCCCCCC(=O)OCC(COC(=O)CCCCCCCCCC)OC(=O)CCCCCCCCCCCCCCCCCCCCCCCCCCCCC. The highest BCUT2D eigenvalue weighted by Crippen LogP contribution is 2.20. The van der Waals surface area contributed by atoms with Gasteiger partial charge in [0, 0.05) is 19.3 Å². The fraction of sp³-hybridized carbons (Fsp3) is 0.934. The van der Waals surface area contributed by atoms with Crippen LogP contribution in [0.25, 0.3) is 0 Å². The van der Waals surface area contributed by atoms with Crippen molar-refractivity contribution >= 4 is 17.9 Å². The van der Waals surface area contributed by atoms with Gasteiger partial charge in [0.25, 0.3) is 0 Å². The Balaban J connectivity index is 4.00. The van der Waals surface area contributed by atoms with Gasteiger partial charge in [-0.2, -0.15) is 0 Å². The summed E-state index contributed by atoms with van der Waals surface area (Å²) < 4.78 is 17.0. The van der Waals surface area contributed by atoms with Crippen molar-refractivity contribution in [2.75, 3.05) is 13.2 Å². The molecular formula is C76H146O6. The van der Waals surface area contributed by atoms with E-state index in [1.165, 1.54) is 340 Å². The molecule has 1 atom stereocenters. The molecule has 6 nitrogen and oxygen atoms in total. The van der Waals surface area contributed by atoms with Gasteiger partial charge in [0.1, 0.15) is 13.2 Å². The molecule has 0 N–H and O–H groups in total. The molecule has 0 bridgehead atoms. The van der Waals surface area contributed by atoms with Crippen molar-refractivity contribution in [2.45, 2.75) is 444 Å². The molecule has 0 saturated heterocycles. The molecule has 0 rings (SSSR count). The zero-order valence-corrected chi connectivity index (χ0v) is 56.1. The van der Waals surface area contributed by atoms with Gasteiger partial charge in [0.15, 0.2) is 6.10 Å². The molecule has 0 fully saturated rings. The van der Waals surface area contributed by atoms with E-state index in [2.05, 4.69) is 32.9 Å². The molecule has 0 aromatic rings. The standard InChI is InChI=1S/C76H146O6/c1-4-7-10-13-16-19-21-23-25-27-29-31-33-35-37-38-40-41-43-45-47-49-51-53-55-57-60-63-66-69-75(78)81-72-73(71-80-74(77)68-65-62-59-18-15-12-9-6-3)82-76(79)70-67-64-61-58-56-54-52-50-48-46-44-42-39-36-34-32-30-28-26-24-22-20-17-14-11-8-5-2/h27,29,73H,4-26,28,30-72H2,1-3H3/b29-27-. The second kappa shape index (κ2) is 71.6. The van der Waals surface area contributed by atoms with E-state index in [0.29, 0.717) is 19.3 Å². The predicted octanol–water partition coefficient (Wildman–Crippen LogP) is 26.0. The largest absolute Gasteiger partial charge is 0.462 e. The minimum atomic E-state index is -0.764. The maximum Gasteiger partial charge on any atom is 0.306 e. The van der Waals surface area contributed by atoms with Gasteiger partial charge >= 0.3 is 17.9 Å². The number of hydrogen-bond acceptors (Lipinski definition) is 6. The van der Waals surface area contributed by atoms with Gasteiger partial charge in [-0.1, -0.05) is 386 Å². The Morgan fingerprint density at radius 3 is 0.610 bits per heavy atom. The Kier molecular flexibility index (Phi) is 70.0. The van der Waals surface area contributed by atoms with E-state index in [1.807, 2.05) is 0 Å². The topological polar surface area (TPSA) is 78.9 Å². The van der Waals surface area contributed by atoms with Crippen molar-refractivity contribution in [3.8, 4) is 0 Å². The molecule has 0 aromatic carbocycles. The normalized spacial score (nSPS) is 12.0. The molecule has 0 heterocycles. The van der Waals surface area contributed by atoms with Crippen molar-refractivity contribution in [1.29, 1.82) is 0 Å². The highest BCUT2D eigenvalue weighted by molar-refractivity contribution is 5.71. The van der Waals surface area contributed by atoms with Crippen LogP contribution in [0.2, 0.25) is 0 Å². The number of esters is 3. The molecule has 0 spiro atoms. The minimum Gasteiger partial charge on any atom is -0.462 e. The molecule has 0 saturated carbocycles. The van der Waals surface area contributed by atoms with Crippen LogP contribution in [0.5, 0.6) is 0 Å². The molecular weight excluding hydrogens is 1010 g/mol. The predicted molar refractivity (Wildman–Crippen MR) is 358 cm³/mol.